The lowest BCUT2D eigenvalue weighted by Crippen LogP contribution is -2.26. The van der Waals surface area contributed by atoms with Gasteiger partial charge in [-0.15, -0.1) is 24.8 Å². The summed E-state index contributed by atoms with van der Waals surface area (Å²) in [6.07, 6.45) is 9.03. The minimum atomic E-state index is -0.108. The molecule has 0 fully saturated rings. The summed E-state index contributed by atoms with van der Waals surface area (Å²) in [5, 5.41) is 5.70. The molecule has 0 bridgehead atoms. The van der Waals surface area contributed by atoms with Gasteiger partial charge < -0.3 is 10.6 Å². The van der Waals surface area contributed by atoms with E-state index in [9.17, 15) is 9.59 Å². The molecular formula is C17H22Cl2N4O2. The fraction of sp³-hybridized carbons (Fsp3) is 0.294. The molecule has 2 aromatic heterocycles. The number of unbranched alkanes of at least 4 members (excludes halogenated alkanes) is 2. The predicted octanol–water partition coefficient (Wildman–Crippen LogP) is 2.65. The number of rotatable bonds is 8. The van der Waals surface area contributed by atoms with Crippen molar-refractivity contribution in [1.29, 1.82) is 0 Å². The first kappa shape index (κ1) is 22.8. The standard InChI is InChI=1S/C17H20N4O2.2ClH/c22-16(14-6-4-8-18-12-14)20-10-2-1-3-11-21-17(23)15-7-5-9-19-13-15;;/h4-9,12-13H,1-3,10-11H2,(H,20,22)(H,21,23);2*1H. The molecule has 0 aliphatic heterocycles. The van der Waals surface area contributed by atoms with Crippen LogP contribution in [0.4, 0.5) is 0 Å². The lowest BCUT2D eigenvalue weighted by molar-refractivity contribution is 0.0947. The van der Waals surface area contributed by atoms with Gasteiger partial charge >= 0.3 is 0 Å². The maximum absolute atomic E-state index is 11.8. The van der Waals surface area contributed by atoms with Crippen LogP contribution in [0, 0.1) is 0 Å². The number of nitrogens with one attached hydrogen (secondary N) is 2. The first-order chi connectivity index (χ1) is 11.3. The van der Waals surface area contributed by atoms with Crippen molar-refractivity contribution in [1.82, 2.24) is 20.6 Å². The van der Waals surface area contributed by atoms with E-state index in [4.69, 9.17) is 0 Å². The van der Waals surface area contributed by atoms with Crippen molar-refractivity contribution >= 4 is 36.6 Å². The quantitative estimate of drug-likeness (QED) is 0.685. The highest BCUT2D eigenvalue weighted by atomic mass is 35.5. The van der Waals surface area contributed by atoms with Gasteiger partial charge in [0.1, 0.15) is 0 Å². The van der Waals surface area contributed by atoms with Crippen molar-refractivity contribution in [3.63, 3.8) is 0 Å². The SMILES string of the molecule is Cl.Cl.O=C(NCCCCCNC(=O)c1cccnc1)c1cccnc1. The Kier molecular flexibility index (Phi) is 12.0. The van der Waals surface area contributed by atoms with E-state index in [0.29, 0.717) is 24.2 Å². The summed E-state index contributed by atoms with van der Waals surface area (Å²) >= 11 is 0. The minimum absolute atomic E-state index is 0. The van der Waals surface area contributed by atoms with Crippen LogP contribution < -0.4 is 10.6 Å². The van der Waals surface area contributed by atoms with E-state index >= 15 is 0 Å². The zero-order chi connectivity index (χ0) is 16.3. The Morgan fingerprint density at radius 1 is 0.760 bits per heavy atom. The molecule has 2 aromatic rings. The molecule has 25 heavy (non-hydrogen) atoms. The van der Waals surface area contributed by atoms with Crippen molar-refractivity contribution < 1.29 is 9.59 Å². The molecule has 0 aromatic carbocycles. The van der Waals surface area contributed by atoms with Crippen LogP contribution >= 0.6 is 24.8 Å². The molecule has 2 rings (SSSR count). The first-order valence-corrected chi connectivity index (χ1v) is 7.64. The Labute approximate surface area is 159 Å². The van der Waals surface area contributed by atoms with Crippen LogP contribution in [0.25, 0.3) is 0 Å². The van der Waals surface area contributed by atoms with E-state index in [0.717, 1.165) is 19.3 Å². The van der Waals surface area contributed by atoms with Gasteiger partial charge in [0.25, 0.3) is 11.8 Å². The maximum Gasteiger partial charge on any atom is 0.252 e. The summed E-state index contributed by atoms with van der Waals surface area (Å²) in [6, 6.07) is 6.94. The summed E-state index contributed by atoms with van der Waals surface area (Å²) in [7, 11) is 0. The Bertz CT molecular complexity index is 572. The number of carbonyl (C=O) groups is 2. The third kappa shape index (κ3) is 8.47. The van der Waals surface area contributed by atoms with E-state index in [2.05, 4.69) is 20.6 Å². The van der Waals surface area contributed by atoms with Crippen LogP contribution in [-0.4, -0.2) is 34.9 Å². The van der Waals surface area contributed by atoms with E-state index in [-0.39, 0.29) is 36.6 Å². The largest absolute Gasteiger partial charge is 0.352 e. The summed E-state index contributed by atoms with van der Waals surface area (Å²) in [5.41, 5.74) is 1.13. The van der Waals surface area contributed by atoms with Gasteiger partial charge in [-0.2, -0.15) is 0 Å². The first-order valence-electron chi connectivity index (χ1n) is 7.64. The molecule has 0 atom stereocenters. The second kappa shape index (κ2) is 13.1. The number of hydrogen-bond acceptors (Lipinski definition) is 4. The predicted molar refractivity (Wildman–Crippen MR) is 101 cm³/mol. The molecule has 0 aliphatic carbocycles. The molecule has 0 radical (unpaired) electrons. The third-order valence-corrected chi connectivity index (χ3v) is 3.27. The van der Waals surface area contributed by atoms with Crippen molar-refractivity contribution in [2.75, 3.05) is 13.1 Å². The van der Waals surface area contributed by atoms with E-state index < -0.39 is 0 Å². The van der Waals surface area contributed by atoms with Crippen LogP contribution in [-0.2, 0) is 0 Å². The van der Waals surface area contributed by atoms with Gasteiger partial charge in [-0.05, 0) is 43.5 Å². The van der Waals surface area contributed by atoms with Gasteiger partial charge in [0.15, 0.2) is 0 Å². The number of hydrogen-bond donors (Lipinski definition) is 2. The normalized spacial score (nSPS) is 9.28. The number of halogens is 2. The fourth-order valence-corrected chi connectivity index (χ4v) is 2.03. The van der Waals surface area contributed by atoms with Crippen LogP contribution in [0.15, 0.2) is 49.1 Å². The summed E-state index contributed by atoms with van der Waals surface area (Å²) in [6.45, 7) is 1.23. The Morgan fingerprint density at radius 2 is 1.20 bits per heavy atom. The molecule has 0 saturated carbocycles. The number of nitrogens with zero attached hydrogens (tertiary/aromatic N) is 2. The highest BCUT2D eigenvalue weighted by Gasteiger charge is 2.04. The molecule has 2 amide bonds. The summed E-state index contributed by atoms with van der Waals surface area (Å²) in [4.78, 5) is 31.4. The summed E-state index contributed by atoms with van der Waals surface area (Å²) < 4.78 is 0. The maximum atomic E-state index is 11.8. The lowest BCUT2D eigenvalue weighted by atomic mass is 10.2. The molecule has 0 spiro atoms. The van der Waals surface area contributed by atoms with Gasteiger partial charge in [0.2, 0.25) is 0 Å². The Morgan fingerprint density at radius 3 is 1.56 bits per heavy atom. The molecule has 6 nitrogen and oxygen atoms in total. The van der Waals surface area contributed by atoms with Crippen LogP contribution in [0.1, 0.15) is 40.0 Å². The molecule has 136 valence electrons. The highest BCUT2D eigenvalue weighted by Crippen LogP contribution is 1.98. The van der Waals surface area contributed by atoms with Gasteiger partial charge in [-0.25, -0.2) is 0 Å². The van der Waals surface area contributed by atoms with Crippen LogP contribution in [0.5, 0.6) is 0 Å². The van der Waals surface area contributed by atoms with Crippen molar-refractivity contribution in [3.05, 3.63) is 60.2 Å². The average molecular weight is 385 g/mol. The van der Waals surface area contributed by atoms with Crippen molar-refractivity contribution in [3.8, 4) is 0 Å². The van der Waals surface area contributed by atoms with E-state index in [1.54, 1.807) is 49.1 Å². The Balaban J connectivity index is 0.00000288. The molecule has 2 N–H and O–H groups in total. The second-order valence-electron chi connectivity index (χ2n) is 5.06. The second-order valence-corrected chi connectivity index (χ2v) is 5.06. The Hall–Kier alpha value is -2.18. The molecule has 0 aliphatic rings. The van der Waals surface area contributed by atoms with E-state index in [1.807, 2.05) is 0 Å². The number of pyridine rings is 2. The monoisotopic (exact) mass is 384 g/mol. The minimum Gasteiger partial charge on any atom is -0.352 e. The molecule has 8 heteroatoms. The number of aromatic nitrogens is 2. The molecule has 0 unspecified atom stereocenters. The van der Waals surface area contributed by atoms with Gasteiger partial charge in [-0.3, -0.25) is 19.6 Å². The average Bonchev–Trinajstić information content (AvgIpc) is 2.62. The highest BCUT2D eigenvalue weighted by molar-refractivity contribution is 5.94. The van der Waals surface area contributed by atoms with Gasteiger partial charge in [0, 0.05) is 37.9 Å². The smallest absolute Gasteiger partial charge is 0.252 e. The van der Waals surface area contributed by atoms with Crippen LogP contribution in [0.2, 0.25) is 0 Å². The van der Waals surface area contributed by atoms with Crippen LogP contribution in [0.3, 0.4) is 0 Å². The zero-order valence-electron chi connectivity index (χ0n) is 13.7. The van der Waals surface area contributed by atoms with E-state index in [1.165, 1.54) is 0 Å². The third-order valence-electron chi connectivity index (χ3n) is 3.27. The molecule has 2 heterocycles. The fourth-order valence-electron chi connectivity index (χ4n) is 2.03. The zero-order valence-corrected chi connectivity index (χ0v) is 15.3. The van der Waals surface area contributed by atoms with Crippen molar-refractivity contribution in [2.24, 2.45) is 0 Å². The van der Waals surface area contributed by atoms with Gasteiger partial charge in [0.05, 0.1) is 11.1 Å². The topological polar surface area (TPSA) is 84.0 Å². The number of amides is 2. The van der Waals surface area contributed by atoms with Crippen molar-refractivity contribution in [2.45, 2.75) is 19.3 Å². The van der Waals surface area contributed by atoms with Gasteiger partial charge in [-0.1, -0.05) is 0 Å². The molecular weight excluding hydrogens is 363 g/mol. The molecule has 0 saturated heterocycles. The number of carbonyl (C=O) groups excluding carboxylic acids is 2. The lowest BCUT2D eigenvalue weighted by Gasteiger charge is -2.06. The summed E-state index contributed by atoms with van der Waals surface area (Å²) in [5.74, 6) is -0.217.